The molecule has 192 valence electrons. The molecule has 4 aliphatic rings. The predicted octanol–water partition coefficient (Wildman–Crippen LogP) is 4.85. The van der Waals surface area contributed by atoms with Gasteiger partial charge in [-0.05, 0) is 110 Å². The van der Waals surface area contributed by atoms with Gasteiger partial charge in [-0.25, -0.2) is 4.18 Å². The van der Waals surface area contributed by atoms with E-state index in [0.29, 0.717) is 41.9 Å². The Balaban J connectivity index is 1.51. The van der Waals surface area contributed by atoms with E-state index in [0.717, 1.165) is 32.1 Å². The molecule has 0 amide bonds. The second kappa shape index (κ2) is 9.34. The van der Waals surface area contributed by atoms with Crippen LogP contribution in [0.3, 0.4) is 0 Å². The monoisotopic (exact) mass is 486 g/mol. The Morgan fingerprint density at radius 1 is 1.00 bits per heavy atom. The molecule has 4 aliphatic carbocycles. The summed E-state index contributed by atoms with van der Waals surface area (Å²) in [7, 11) is -4.36. The predicted molar refractivity (Wildman–Crippen MR) is 128 cm³/mol. The maximum atomic E-state index is 11.8. The average Bonchev–Trinajstić information content (AvgIpc) is 3.09. The first-order valence-electron chi connectivity index (χ1n) is 13.4. The molecule has 4 saturated carbocycles. The summed E-state index contributed by atoms with van der Waals surface area (Å²) in [6, 6.07) is 0. The minimum absolute atomic E-state index is 0.0310. The Kier molecular flexibility index (Phi) is 7.33. The Morgan fingerprint density at radius 3 is 2.33 bits per heavy atom. The molecule has 3 N–H and O–H groups in total. The largest absolute Gasteiger partial charge is 0.397 e. The van der Waals surface area contributed by atoms with Crippen molar-refractivity contribution in [3.05, 3.63) is 0 Å². The Morgan fingerprint density at radius 2 is 1.67 bits per heavy atom. The van der Waals surface area contributed by atoms with Gasteiger partial charge in [0.2, 0.25) is 0 Å². The highest BCUT2D eigenvalue weighted by Crippen LogP contribution is 2.69. The molecule has 11 atom stereocenters. The van der Waals surface area contributed by atoms with Gasteiger partial charge in [0.15, 0.2) is 0 Å². The standard InChI is InChI=1S/C26H46O6S/c1-5-18-22-15-17(27)10-12-26(22,4)21-11-13-25(3)19(8-9-20(25)23(21)24(18)28)16(2)7-6-14-32-33(29,30)31/h16-24,27-28H,5-15H2,1-4H3,(H,29,30,31)/t16-,17-,18-,19-,20+,21+,22+,23+,24-,25-,26-/m1/s1. The fraction of sp³-hybridized carbons (Fsp3) is 1.00. The summed E-state index contributed by atoms with van der Waals surface area (Å²) in [5.74, 6) is 3.16. The van der Waals surface area contributed by atoms with Crippen LogP contribution in [0.15, 0.2) is 0 Å². The van der Waals surface area contributed by atoms with Gasteiger partial charge >= 0.3 is 10.4 Å². The molecule has 0 unspecified atom stereocenters. The zero-order valence-corrected chi connectivity index (χ0v) is 21.8. The van der Waals surface area contributed by atoms with Gasteiger partial charge in [-0.2, -0.15) is 8.42 Å². The third kappa shape index (κ3) is 4.54. The molecule has 0 aromatic rings. The molecule has 33 heavy (non-hydrogen) atoms. The van der Waals surface area contributed by atoms with Crippen LogP contribution in [0.2, 0.25) is 0 Å². The molecule has 0 aromatic carbocycles. The first kappa shape index (κ1) is 25.9. The van der Waals surface area contributed by atoms with Crippen molar-refractivity contribution in [2.75, 3.05) is 6.61 Å². The first-order chi connectivity index (χ1) is 15.4. The van der Waals surface area contributed by atoms with Crippen LogP contribution in [-0.4, -0.2) is 42.0 Å². The SMILES string of the molecule is CC[C@H]1[C@@H](O)[C@@H]2[C@H](CC[C@]3(C)[C@@H]([C@H](C)CCCOS(=O)(=O)O)CC[C@@H]23)[C@@]2(C)CC[C@@H](O)C[C@@H]12. The fourth-order valence-corrected chi connectivity index (χ4v) is 10.0. The second-order valence-electron chi connectivity index (χ2n) is 12.5. The van der Waals surface area contributed by atoms with Crippen molar-refractivity contribution in [1.82, 2.24) is 0 Å². The summed E-state index contributed by atoms with van der Waals surface area (Å²) in [6.07, 6.45) is 9.54. The molecular weight excluding hydrogens is 440 g/mol. The van der Waals surface area contributed by atoms with Crippen LogP contribution >= 0.6 is 0 Å². The van der Waals surface area contributed by atoms with Crippen LogP contribution in [0.5, 0.6) is 0 Å². The van der Waals surface area contributed by atoms with E-state index in [1.54, 1.807) is 0 Å². The fourth-order valence-electron chi connectivity index (χ4n) is 9.70. The summed E-state index contributed by atoms with van der Waals surface area (Å²) in [5.41, 5.74) is 0.434. The third-order valence-electron chi connectivity index (χ3n) is 11.2. The van der Waals surface area contributed by atoms with E-state index in [-0.39, 0.29) is 35.6 Å². The summed E-state index contributed by atoms with van der Waals surface area (Å²) >= 11 is 0. The Labute approximate surface area is 200 Å². The van der Waals surface area contributed by atoms with E-state index >= 15 is 0 Å². The molecule has 0 heterocycles. The lowest BCUT2D eigenvalue weighted by atomic mass is 9.41. The summed E-state index contributed by atoms with van der Waals surface area (Å²) in [6.45, 7) is 9.46. The Bertz CT molecular complexity index is 801. The lowest BCUT2D eigenvalue weighted by Crippen LogP contribution is -2.62. The molecule has 0 spiro atoms. The minimum Gasteiger partial charge on any atom is -0.393 e. The van der Waals surface area contributed by atoms with Crippen molar-refractivity contribution in [2.24, 2.45) is 52.3 Å². The number of hydrogen-bond donors (Lipinski definition) is 3. The molecule has 0 saturated heterocycles. The highest BCUT2D eigenvalue weighted by Gasteiger charge is 2.64. The lowest BCUT2D eigenvalue weighted by Gasteiger charge is -2.64. The second-order valence-corrected chi connectivity index (χ2v) is 13.6. The quantitative estimate of drug-likeness (QED) is 0.351. The van der Waals surface area contributed by atoms with Gasteiger partial charge in [0.05, 0.1) is 18.8 Å². The van der Waals surface area contributed by atoms with Crippen molar-refractivity contribution in [3.63, 3.8) is 0 Å². The van der Waals surface area contributed by atoms with Crippen LogP contribution in [0, 0.1) is 52.3 Å². The van der Waals surface area contributed by atoms with Gasteiger partial charge in [0, 0.05) is 0 Å². The van der Waals surface area contributed by atoms with Crippen molar-refractivity contribution in [3.8, 4) is 0 Å². The smallest absolute Gasteiger partial charge is 0.393 e. The van der Waals surface area contributed by atoms with E-state index in [4.69, 9.17) is 4.55 Å². The maximum absolute atomic E-state index is 11.8. The van der Waals surface area contributed by atoms with E-state index in [1.165, 1.54) is 25.7 Å². The molecule has 7 heteroatoms. The Hall–Kier alpha value is -0.210. The summed E-state index contributed by atoms with van der Waals surface area (Å²) in [4.78, 5) is 0. The molecule has 0 aliphatic heterocycles. The van der Waals surface area contributed by atoms with Crippen LogP contribution < -0.4 is 0 Å². The number of hydrogen-bond acceptors (Lipinski definition) is 5. The number of rotatable bonds is 7. The van der Waals surface area contributed by atoms with Crippen LogP contribution in [-0.2, 0) is 14.6 Å². The molecule has 6 nitrogen and oxygen atoms in total. The number of aliphatic hydroxyl groups is 2. The molecular formula is C26H46O6S. The van der Waals surface area contributed by atoms with Crippen LogP contribution in [0.1, 0.15) is 91.9 Å². The summed E-state index contributed by atoms with van der Waals surface area (Å²) in [5, 5.41) is 22.2. The summed E-state index contributed by atoms with van der Waals surface area (Å²) < 4.78 is 35.0. The zero-order chi connectivity index (χ0) is 24.2. The number of fused-ring (bicyclic) bond motifs is 5. The van der Waals surface area contributed by atoms with Crippen molar-refractivity contribution in [1.29, 1.82) is 0 Å². The van der Waals surface area contributed by atoms with Crippen molar-refractivity contribution >= 4 is 10.4 Å². The minimum atomic E-state index is -4.36. The van der Waals surface area contributed by atoms with Crippen molar-refractivity contribution in [2.45, 2.75) is 104 Å². The van der Waals surface area contributed by atoms with E-state index in [9.17, 15) is 18.6 Å². The van der Waals surface area contributed by atoms with Gasteiger partial charge in [-0.15, -0.1) is 0 Å². The normalized spacial score (nSPS) is 48.6. The topological polar surface area (TPSA) is 104 Å². The van der Waals surface area contributed by atoms with Crippen molar-refractivity contribution < 1.29 is 27.4 Å². The van der Waals surface area contributed by atoms with Gasteiger partial charge in [-0.1, -0.05) is 34.1 Å². The van der Waals surface area contributed by atoms with Crippen LogP contribution in [0.25, 0.3) is 0 Å². The zero-order valence-electron chi connectivity index (χ0n) is 20.9. The molecule has 4 rings (SSSR count). The third-order valence-corrected chi connectivity index (χ3v) is 11.7. The van der Waals surface area contributed by atoms with E-state index in [1.807, 2.05) is 0 Å². The highest BCUT2D eigenvalue weighted by atomic mass is 32.3. The van der Waals surface area contributed by atoms with E-state index in [2.05, 4.69) is 31.9 Å². The van der Waals surface area contributed by atoms with Crippen LogP contribution in [0.4, 0.5) is 0 Å². The molecule has 0 radical (unpaired) electrons. The maximum Gasteiger partial charge on any atom is 0.397 e. The molecule has 4 fully saturated rings. The molecule has 0 aromatic heterocycles. The van der Waals surface area contributed by atoms with Gasteiger partial charge in [0.1, 0.15) is 0 Å². The van der Waals surface area contributed by atoms with E-state index < -0.39 is 10.4 Å². The first-order valence-corrected chi connectivity index (χ1v) is 14.8. The van der Waals surface area contributed by atoms with Gasteiger partial charge in [0.25, 0.3) is 0 Å². The van der Waals surface area contributed by atoms with Gasteiger partial charge < -0.3 is 10.2 Å². The lowest BCUT2D eigenvalue weighted by molar-refractivity contribution is -0.203. The number of aliphatic hydroxyl groups excluding tert-OH is 2. The van der Waals surface area contributed by atoms with Gasteiger partial charge in [-0.3, -0.25) is 4.55 Å². The average molecular weight is 487 g/mol. The molecule has 0 bridgehead atoms. The highest BCUT2D eigenvalue weighted by molar-refractivity contribution is 7.80.